The second-order valence-electron chi connectivity index (χ2n) is 3.32. The molecule has 2 aliphatic heterocycles. The molecular weight excluding hydrogens is 214 g/mol. The molecular formula is C7H8ClNO3S. The van der Waals surface area contributed by atoms with E-state index in [4.69, 9.17) is 11.6 Å². The summed E-state index contributed by atoms with van der Waals surface area (Å²) in [5.41, 5.74) is 0.674. The second-order valence-corrected chi connectivity index (χ2v) is 5.89. The highest BCUT2D eigenvalue weighted by molar-refractivity contribution is 7.92. The number of fused-ring (bicyclic) bond motifs is 1. The molecule has 72 valence electrons. The maximum absolute atomic E-state index is 11.5. The third kappa shape index (κ3) is 1.10. The van der Waals surface area contributed by atoms with Gasteiger partial charge < -0.3 is 0 Å². The van der Waals surface area contributed by atoms with Crippen LogP contribution in [0.25, 0.3) is 0 Å². The average Bonchev–Trinajstić information content (AvgIpc) is 2.00. The van der Waals surface area contributed by atoms with Gasteiger partial charge in [0.1, 0.15) is 5.38 Å². The van der Waals surface area contributed by atoms with Crippen molar-refractivity contribution in [2.24, 2.45) is 0 Å². The first-order valence-corrected chi connectivity index (χ1v) is 5.94. The van der Waals surface area contributed by atoms with Gasteiger partial charge in [-0.2, -0.15) is 0 Å². The van der Waals surface area contributed by atoms with Gasteiger partial charge in [0.05, 0.1) is 5.75 Å². The zero-order valence-electron chi connectivity index (χ0n) is 6.90. The number of alkyl halides is 1. The highest BCUT2D eigenvalue weighted by atomic mass is 35.5. The minimum absolute atomic E-state index is 0.00463. The molecule has 0 unspecified atom stereocenters. The van der Waals surface area contributed by atoms with Crippen molar-refractivity contribution in [1.82, 2.24) is 4.90 Å². The Labute approximate surface area is 81.1 Å². The van der Waals surface area contributed by atoms with Crippen LogP contribution in [0.15, 0.2) is 11.8 Å². The summed E-state index contributed by atoms with van der Waals surface area (Å²) in [7, 11) is -3.25. The van der Waals surface area contributed by atoms with Gasteiger partial charge in [0.25, 0.3) is 0 Å². The third-order valence-corrected chi connectivity index (χ3v) is 4.84. The molecule has 0 spiro atoms. The predicted molar refractivity (Wildman–Crippen MR) is 47.8 cm³/mol. The van der Waals surface area contributed by atoms with E-state index in [0.29, 0.717) is 5.57 Å². The number of β-lactam (4-membered cyclic amide) rings is 1. The Balaban J connectivity index is 2.45. The van der Waals surface area contributed by atoms with E-state index >= 15 is 0 Å². The summed E-state index contributed by atoms with van der Waals surface area (Å²) >= 11 is 5.61. The Morgan fingerprint density at radius 1 is 1.62 bits per heavy atom. The lowest BCUT2D eigenvalue weighted by Gasteiger charge is -2.43. The van der Waals surface area contributed by atoms with Crippen LogP contribution < -0.4 is 0 Å². The highest BCUT2D eigenvalue weighted by Gasteiger charge is 2.54. The lowest BCUT2D eigenvalue weighted by atomic mass is 10.2. The van der Waals surface area contributed by atoms with Crippen LogP contribution in [0.2, 0.25) is 0 Å². The van der Waals surface area contributed by atoms with Gasteiger partial charge in [0.2, 0.25) is 5.91 Å². The number of rotatable bonds is 0. The number of carbonyl (C=O) groups excluding carboxylic acids is 1. The van der Waals surface area contributed by atoms with Crippen LogP contribution in [-0.2, 0) is 14.6 Å². The Morgan fingerprint density at radius 3 is 2.85 bits per heavy atom. The van der Waals surface area contributed by atoms with Gasteiger partial charge in [0, 0.05) is 6.20 Å². The molecule has 1 amide bonds. The molecule has 0 N–H and O–H groups in total. The summed E-state index contributed by atoms with van der Waals surface area (Å²) in [6, 6.07) is 0. The summed E-state index contributed by atoms with van der Waals surface area (Å²) in [6.45, 7) is 1.68. The molecule has 13 heavy (non-hydrogen) atoms. The maximum atomic E-state index is 11.5. The van der Waals surface area contributed by atoms with E-state index in [1.165, 1.54) is 4.90 Å². The smallest absolute Gasteiger partial charge is 0.249 e. The van der Waals surface area contributed by atoms with Crippen LogP contribution in [0.5, 0.6) is 0 Å². The average molecular weight is 222 g/mol. The zero-order chi connectivity index (χ0) is 9.80. The van der Waals surface area contributed by atoms with E-state index in [1.54, 1.807) is 13.1 Å². The normalized spacial score (nSPS) is 36.3. The molecule has 0 aromatic carbocycles. The van der Waals surface area contributed by atoms with E-state index in [9.17, 15) is 13.2 Å². The first kappa shape index (κ1) is 9.02. The van der Waals surface area contributed by atoms with Gasteiger partial charge in [-0.3, -0.25) is 9.69 Å². The van der Waals surface area contributed by atoms with Gasteiger partial charge in [-0.15, -0.1) is 11.6 Å². The fourth-order valence-corrected chi connectivity index (χ4v) is 4.19. The number of halogens is 1. The fraction of sp³-hybridized carbons (Fsp3) is 0.571. The fourth-order valence-electron chi connectivity index (χ4n) is 1.62. The second kappa shape index (κ2) is 2.48. The maximum Gasteiger partial charge on any atom is 0.249 e. The number of hydrogen-bond acceptors (Lipinski definition) is 3. The highest BCUT2D eigenvalue weighted by Crippen LogP contribution is 2.34. The Bertz CT molecular complexity index is 400. The number of nitrogens with zero attached hydrogens (tertiary/aromatic N) is 1. The molecule has 2 heterocycles. The molecule has 0 bridgehead atoms. The van der Waals surface area contributed by atoms with Gasteiger partial charge >= 0.3 is 0 Å². The van der Waals surface area contributed by atoms with E-state index in [-0.39, 0.29) is 11.7 Å². The lowest BCUT2D eigenvalue weighted by Crippen LogP contribution is -2.65. The van der Waals surface area contributed by atoms with E-state index in [1.807, 2.05) is 0 Å². The predicted octanol–water partition coefficient (Wildman–Crippen LogP) is 0.0943. The molecule has 0 radical (unpaired) electrons. The minimum Gasteiger partial charge on any atom is -0.298 e. The first-order chi connectivity index (χ1) is 5.93. The van der Waals surface area contributed by atoms with Crippen molar-refractivity contribution >= 4 is 27.3 Å². The minimum atomic E-state index is -3.25. The van der Waals surface area contributed by atoms with Crippen molar-refractivity contribution in [2.45, 2.75) is 17.7 Å². The summed E-state index contributed by atoms with van der Waals surface area (Å²) in [5, 5.41) is -1.72. The number of hydrogen-bond donors (Lipinski definition) is 0. The van der Waals surface area contributed by atoms with Crippen molar-refractivity contribution in [1.29, 1.82) is 0 Å². The number of carbonyl (C=O) groups is 1. The molecule has 0 aromatic heterocycles. The summed E-state index contributed by atoms with van der Waals surface area (Å²) in [5.74, 6) is -0.320. The monoisotopic (exact) mass is 221 g/mol. The van der Waals surface area contributed by atoms with E-state index < -0.39 is 20.6 Å². The molecule has 2 rings (SSSR count). The van der Waals surface area contributed by atoms with Crippen molar-refractivity contribution in [2.75, 3.05) is 5.75 Å². The van der Waals surface area contributed by atoms with Crippen molar-refractivity contribution in [3.8, 4) is 0 Å². The molecule has 1 saturated heterocycles. The van der Waals surface area contributed by atoms with Crippen LogP contribution in [0, 0.1) is 0 Å². The van der Waals surface area contributed by atoms with Crippen molar-refractivity contribution < 1.29 is 13.2 Å². The molecule has 2 atom stereocenters. The number of sulfone groups is 1. The molecule has 0 aliphatic carbocycles. The van der Waals surface area contributed by atoms with Crippen LogP contribution in [0.3, 0.4) is 0 Å². The summed E-state index contributed by atoms with van der Waals surface area (Å²) in [4.78, 5) is 12.3. The quantitative estimate of drug-likeness (QED) is 0.431. The lowest BCUT2D eigenvalue weighted by molar-refractivity contribution is -0.137. The van der Waals surface area contributed by atoms with Crippen LogP contribution in [0.1, 0.15) is 6.92 Å². The standard InChI is InChI=1S/C7H8ClNO3S/c1-4-2-9-6(10)5(8)7(9)13(11,12)3-4/h2,5,7H,3H2,1H3/t5-,7+/m0/s1. The Kier molecular flexibility index (Phi) is 1.72. The largest absolute Gasteiger partial charge is 0.298 e. The first-order valence-electron chi connectivity index (χ1n) is 3.78. The zero-order valence-corrected chi connectivity index (χ0v) is 8.47. The molecule has 0 aromatic rings. The third-order valence-electron chi connectivity index (χ3n) is 2.17. The van der Waals surface area contributed by atoms with E-state index in [0.717, 1.165) is 0 Å². The topological polar surface area (TPSA) is 54.5 Å². The van der Waals surface area contributed by atoms with Gasteiger partial charge in [-0.25, -0.2) is 8.42 Å². The summed E-state index contributed by atoms with van der Waals surface area (Å²) in [6.07, 6.45) is 1.56. The number of amides is 1. The van der Waals surface area contributed by atoms with Crippen LogP contribution >= 0.6 is 11.6 Å². The molecule has 6 heteroatoms. The van der Waals surface area contributed by atoms with Crippen LogP contribution in [0.4, 0.5) is 0 Å². The van der Waals surface area contributed by atoms with Crippen molar-refractivity contribution in [3.63, 3.8) is 0 Å². The van der Waals surface area contributed by atoms with Crippen LogP contribution in [-0.4, -0.2) is 35.7 Å². The van der Waals surface area contributed by atoms with Gasteiger partial charge in [-0.05, 0) is 12.5 Å². The summed E-state index contributed by atoms with van der Waals surface area (Å²) < 4.78 is 23.0. The molecule has 0 saturated carbocycles. The SMILES string of the molecule is CC1=CN2C(=O)[C@H](Cl)[C@H]2S(=O)(=O)C1. The van der Waals surface area contributed by atoms with E-state index in [2.05, 4.69) is 0 Å². The van der Waals surface area contributed by atoms with Crippen molar-refractivity contribution in [3.05, 3.63) is 11.8 Å². The molecule has 4 nitrogen and oxygen atoms in total. The molecule has 1 fully saturated rings. The Hall–Kier alpha value is -0.550. The molecule has 2 aliphatic rings. The van der Waals surface area contributed by atoms with Gasteiger partial charge in [0.15, 0.2) is 15.2 Å². The Morgan fingerprint density at radius 2 is 2.23 bits per heavy atom. The van der Waals surface area contributed by atoms with Gasteiger partial charge in [-0.1, -0.05) is 0 Å².